The molecule has 0 aromatic heterocycles. The molecule has 3 aromatic rings. The SMILES string of the molecule is Cc1ccccc1NC(=O)C(C)OC(=O)c1ccc2c(c1)C(=O)N(Cc1ccccc1)C2=O. The van der Waals surface area contributed by atoms with E-state index in [1.54, 1.807) is 12.1 Å². The van der Waals surface area contributed by atoms with Crippen LogP contribution in [0.2, 0.25) is 0 Å². The van der Waals surface area contributed by atoms with Gasteiger partial charge in [0, 0.05) is 5.69 Å². The molecule has 1 N–H and O–H groups in total. The molecule has 0 radical (unpaired) electrons. The molecule has 0 fully saturated rings. The molecule has 1 unspecified atom stereocenters. The highest BCUT2D eigenvalue weighted by atomic mass is 16.5. The van der Waals surface area contributed by atoms with Crippen molar-refractivity contribution in [3.63, 3.8) is 0 Å². The van der Waals surface area contributed by atoms with Gasteiger partial charge in [0.2, 0.25) is 0 Å². The summed E-state index contributed by atoms with van der Waals surface area (Å²) in [5.41, 5.74) is 2.80. The summed E-state index contributed by atoms with van der Waals surface area (Å²) in [5.74, 6) is -2.12. The minimum Gasteiger partial charge on any atom is -0.449 e. The number of ether oxygens (including phenoxy) is 1. The molecule has 166 valence electrons. The highest BCUT2D eigenvalue weighted by molar-refractivity contribution is 6.21. The molecule has 1 aliphatic rings. The van der Waals surface area contributed by atoms with Crippen molar-refractivity contribution in [2.24, 2.45) is 0 Å². The zero-order valence-corrected chi connectivity index (χ0v) is 18.2. The second-order valence-corrected chi connectivity index (χ2v) is 7.79. The van der Waals surface area contributed by atoms with E-state index in [1.165, 1.54) is 25.1 Å². The van der Waals surface area contributed by atoms with Gasteiger partial charge in [-0.2, -0.15) is 0 Å². The van der Waals surface area contributed by atoms with Crippen LogP contribution in [0.25, 0.3) is 0 Å². The first-order valence-corrected chi connectivity index (χ1v) is 10.5. The van der Waals surface area contributed by atoms with Crippen LogP contribution in [0.5, 0.6) is 0 Å². The Balaban J connectivity index is 1.45. The molecule has 3 aromatic carbocycles. The molecule has 0 bridgehead atoms. The number of rotatable bonds is 6. The van der Waals surface area contributed by atoms with Gasteiger partial charge in [-0.3, -0.25) is 19.3 Å². The lowest BCUT2D eigenvalue weighted by molar-refractivity contribution is -0.123. The average molecular weight is 442 g/mol. The molecule has 1 heterocycles. The van der Waals surface area contributed by atoms with Gasteiger partial charge in [-0.15, -0.1) is 0 Å². The number of para-hydroxylation sites is 1. The first-order valence-electron chi connectivity index (χ1n) is 10.5. The number of carbonyl (C=O) groups excluding carboxylic acids is 4. The number of carbonyl (C=O) groups is 4. The van der Waals surface area contributed by atoms with E-state index >= 15 is 0 Å². The second kappa shape index (κ2) is 9.08. The number of benzene rings is 3. The number of imide groups is 1. The smallest absolute Gasteiger partial charge is 0.338 e. The molecule has 1 atom stereocenters. The fraction of sp³-hybridized carbons (Fsp3) is 0.154. The number of anilines is 1. The lowest BCUT2D eigenvalue weighted by Crippen LogP contribution is -2.30. The number of esters is 1. The van der Waals surface area contributed by atoms with Crippen molar-refractivity contribution in [3.8, 4) is 0 Å². The maximum absolute atomic E-state index is 12.8. The summed E-state index contributed by atoms with van der Waals surface area (Å²) in [6.45, 7) is 3.47. The summed E-state index contributed by atoms with van der Waals surface area (Å²) in [6.07, 6.45) is -1.06. The Morgan fingerprint density at radius 3 is 2.30 bits per heavy atom. The highest BCUT2D eigenvalue weighted by Crippen LogP contribution is 2.26. The number of nitrogens with one attached hydrogen (secondary N) is 1. The van der Waals surface area contributed by atoms with E-state index in [-0.39, 0.29) is 23.2 Å². The van der Waals surface area contributed by atoms with Crippen molar-refractivity contribution >= 4 is 29.4 Å². The largest absolute Gasteiger partial charge is 0.449 e. The van der Waals surface area contributed by atoms with Gasteiger partial charge < -0.3 is 10.1 Å². The summed E-state index contributed by atoms with van der Waals surface area (Å²) in [7, 11) is 0. The van der Waals surface area contributed by atoms with Crippen molar-refractivity contribution in [3.05, 3.63) is 101 Å². The fourth-order valence-corrected chi connectivity index (χ4v) is 3.56. The van der Waals surface area contributed by atoms with Crippen LogP contribution in [0.3, 0.4) is 0 Å². The molecular formula is C26H22N2O5. The zero-order valence-electron chi connectivity index (χ0n) is 18.2. The monoisotopic (exact) mass is 442 g/mol. The molecule has 4 rings (SSSR count). The fourth-order valence-electron chi connectivity index (χ4n) is 3.56. The van der Waals surface area contributed by atoms with Crippen LogP contribution < -0.4 is 5.32 Å². The van der Waals surface area contributed by atoms with Gasteiger partial charge in [0.05, 0.1) is 23.2 Å². The molecule has 1 aliphatic heterocycles. The molecule has 0 spiro atoms. The lowest BCUT2D eigenvalue weighted by atomic mass is 10.1. The standard InChI is InChI=1S/C26H22N2O5/c1-16-8-6-7-11-22(16)27-23(29)17(2)33-26(32)19-12-13-20-21(14-19)25(31)28(24(20)30)15-18-9-4-3-5-10-18/h3-14,17H,15H2,1-2H3,(H,27,29). The van der Waals surface area contributed by atoms with Crippen molar-refractivity contribution in [2.45, 2.75) is 26.5 Å². The number of fused-ring (bicyclic) bond motifs is 1. The van der Waals surface area contributed by atoms with E-state index < -0.39 is 29.8 Å². The van der Waals surface area contributed by atoms with E-state index in [0.717, 1.165) is 16.0 Å². The second-order valence-electron chi connectivity index (χ2n) is 7.79. The van der Waals surface area contributed by atoms with Crippen molar-refractivity contribution in [1.82, 2.24) is 4.90 Å². The summed E-state index contributed by atoms with van der Waals surface area (Å²) in [4.78, 5) is 51.7. The molecule has 0 aliphatic carbocycles. The quantitative estimate of drug-likeness (QED) is 0.461. The van der Waals surface area contributed by atoms with Crippen LogP contribution in [0.15, 0.2) is 72.8 Å². The molecular weight excluding hydrogens is 420 g/mol. The predicted octanol–water partition coefficient (Wildman–Crippen LogP) is 3.98. The predicted molar refractivity (Wildman–Crippen MR) is 122 cm³/mol. The Labute approximate surface area is 191 Å². The van der Waals surface area contributed by atoms with Crippen LogP contribution in [0.1, 0.15) is 49.1 Å². The number of hydrogen-bond acceptors (Lipinski definition) is 5. The topological polar surface area (TPSA) is 92.8 Å². The van der Waals surface area contributed by atoms with Crippen molar-refractivity contribution in [1.29, 1.82) is 0 Å². The maximum atomic E-state index is 12.8. The summed E-state index contributed by atoms with van der Waals surface area (Å²) >= 11 is 0. The summed E-state index contributed by atoms with van der Waals surface area (Å²) in [6, 6.07) is 20.6. The van der Waals surface area contributed by atoms with Gasteiger partial charge in [-0.1, -0.05) is 48.5 Å². The van der Waals surface area contributed by atoms with E-state index in [2.05, 4.69) is 5.32 Å². The Hall–Kier alpha value is -4.26. The van der Waals surface area contributed by atoms with E-state index in [1.807, 2.05) is 49.4 Å². The van der Waals surface area contributed by atoms with Crippen molar-refractivity contribution in [2.75, 3.05) is 5.32 Å². The number of amides is 3. The zero-order chi connectivity index (χ0) is 23.5. The first-order chi connectivity index (χ1) is 15.8. The number of aryl methyl sites for hydroxylation is 1. The average Bonchev–Trinajstić information content (AvgIpc) is 3.05. The van der Waals surface area contributed by atoms with Crippen molar-refractivity contribution < 1.29 is 23.9 Å². The lowest BCUT2D eigenvalue weighted by Gasteiger charge is -2.15. The van der Waals surface area contributed by atoms with Gasteiger partial charge in [-0.25, -0.2) is 4.79 Å². The third kappa shape index (κ3) is 4.52. The first kappa shape index (κ1) is 22.0. The summed E-state index contributed by atoms with van der Waals surface area (Å²) in [5, 5.41) is 2.73. The Morgan fingerprint density at radius 2 is 1.58 bits per heavy atom. The molecule has 3 amide bonds. The normalized spacial score (nSPS) is 13.5. The number of hydrogen-bond donors (Lipinski definition) is 1. The minimum absolute atomic E-state index is 0.0898. The Bertz CT molecular complexity index is 1250. The van der Waals surface area contributed by atoms with Gasteiger partial charge >= 0.3 is 5.97 Å². The van der Waals surface area contributed by atoms with Gasteiger partial charge in [-0.05, 0) is 49.2 Å². The van der Waals surface area contributed by atoms with Gasteiger partial charge in [0.15, 0.2) is 6.10 Å². The van der Waals surface area contributed by atoms with Crippen LogP contribution in [-0.4, -0.2) is 34.7 Å². The minimum atomic E-state index is -1.06. The van der Waals surface area contributed by atoms with Crippen LogP contribution >= 0.6 is 0 Å². The Morgan fingerprint density at radius 1 is 0.909 bits per heavy atom. The molecule has 33 heavy (non-hydrogen) atoms. The van der Waals surface area contributed by atoms with Gasteiger partial charge in [0.1, 0.15) is 0 Å². The van der Waals surface area contributed by atoms with E-state index in [0.29, 0.717) is 5.69 Å². The highest BCUT2D eigenvalue weighted by Gasteiger charge is 2.36. The number of nitrogens with zero attached hydrogens (tertiary/aromatic N) is 1. The molecule has 7 heteroatoms. The van der Waals surface area contributed by atoms with Gasteiger partial charge in [0.25, 0.3) is 17.7 Å². The van der Waals surface area contributed by atoms with E-state index in [4.69, 9.17) is 4.74 Å². The van der Waals surface area contributed by atoms with Crippen LogP contribution in [0.4, 0.5) is 5.69 Å². The van der Waals surface area contributed by atoms with E-state index in [9.17, 15) is 19.2 Å². The molecule has 7 nitrogen and oxygen atoms in total. The molecule has 0 saturated carbocycles. The maximum Gasteiger partial charge on any atom is 0.338 e. The molecule has 0 saturated heterocycles. The third-order valence-corrected chi connectivity index (χ3v) is 5.45. The van der Waals surface area contributed by atoms with Crippen LogP contribution in [0, 0.1) is 6.92 Å². The Kier molecular flexibility index (Phi) is 6.04. The van der Waals surface area contributed by atoms with Crippen LogP contribution in [-0.2, 0) is 16.1 Å². The third-order valence-electron chi connectivity index (χ3n) is 5.45. The summed E-state index contributed by atoms with van der Waals surface area (Å²) < 4.78 is 5.29.